The number of benzene rings is 2. The van der Waals surface area contributed by atoms with Gasteiger partial charge in [0.2, 0.25) is 0 Å². The van der Waals surface area contributed by atoms with E-state index < -0.39 is 0 Å². The largest absolute Gasteiger partial charge is 0.497 e. The second kappa shape index (κ2) is 10.4. The Morgan fingerprint density at radius 1 is 0.800 bits per heavy atom. The average molecular weight is 341 g/mol. The summed E-state index contributed by atoms with van der Waals surface area (Å²) in [6, 6.07) is 15.6. The van der Waals surface area contributed by atoms with Crippen LogP contribution < -0.4 is 21.1 Å². The van der Waals surface area contributed by atoms with Crippen molar-refractivity contribution in [3.8, 4) is 5.75 Å². The summed E-state index contributed by atoms with van der Waals surface area (Å²) >= 11 is 0. The van der Waals surface area contributed by atoms with Crippen LogP contribution in [0.1, 0.15) is 12.8 Å². The first-order valence-corrected chi connectivity index (χ1v) is 8.57. The Kier molecular flexibility index (Phi) is 7.88. The molecule has 6 heteroatoms. The van der Waals surface area contributed by atoms with E-state index in [2.05, 4.69) is 27.3 Å². The molecule has 134 valence electrons. The molecule has 25 heavy (non-hydrogen) atoms. The van der Waals surface area contributed by atoms with Gasteiger partial charge in [-0.25, -0.2) is 0 Å². The topological polar surface area (TPSA) is 89.2 Å². The first-order chi connectivity index (χ1) is 12.3. The summed E-state index contributed by atoms with van der Waals surface area (Å²) in [6.45, 7) is 3.24. The van der Waals surface area contributed by atoms with Crippen molar-refractivity contribution in [1.29, 1.82) is 0 Å². The van der Waals surface area contributed by atoms with Crippen molar-refractivity contribution < 1.29 is 4.74 Å². The van der Waals surface area contributed by atoms with Crippen LogP contribution in [-0.4, -0.2) is 33.3 Å². The number of ether oxygens (including phenoxy) is 1. The molecular weight excluding hydrogens is 314 g/mol. The molecular formula is C19H27N5O. The van der Waals surface area contributed by atoms with Crippen molar-refractivity contribution in [2.45, 2.75) is 12.8 Å². The van der Waals surface area contributed by atoms with E-state index in [1.54, 1.807) is 7.11 Å². The van der Waals surface area contributed by atoms with Gasteiger partial charge < -0.3 is 21.1 Å². The molecule has 2 rings (SSSR count). The van der Waals surface area contributed by atoms with Gasteiger partial charge in [-0.15, -0.1) is 0 Å². The van der Waals surface area contributed by atoms with Crippen molar-refractivity contribution in [3.05, 3.63) is 48.5 Å². The summed E-state index contributed by atoms with van der Waals surface area (Å²) < 4.78 is 5.13. The Bertz CT molecular complexity index is 632. The zero-order valence-corrected chi connectivity index (χ0v) is 14.8. The van der Waals surface area contributed by atoms with Gasteiger partial charge in [0.25, 0.3) is 0 Å². The van der Waals surface area contributed by atoms with Gasteiger partial charge in [0, 0.05) is 18.8 Å². The number of hydrogen-bond acceptors (Lipinski definition) is 6. The van der Waals surface area contributed by atoms with Crippen molar-refractivity contribution in [1.82, 2.24) is 0 Å². The number of nitrogens with zero attached hydrogens (tertiary/aromatic N) is 3. The van der Waals surface area contributed by atoms with E-state index >= 15 is 0 Å². The van der Waals surface area contributed by atoms with E-state index in [1.807, 2.05) is 36.4 Å². The molecule has 0 aromatic heterocycles. The lowest BCUT2D eigenvalue weighted by Gasteiger charge is -2.24. The van der Waals surface area contributed by atoms with Crippen molar-refractivity contribution >= 4 is 17.1 Å². The van der Waals surface area contributed by atoms with Gasteiger partial charge in [-0.1, -0.05) is 0 Å². The molecule has 0 saturated carbocycles. The molecule has 0 bridgehead atoms. The lowest BCUT2D eigenvalue weighted by Crippen LogP contribution is -2.28. The molecule has 0 fully saturated rings. The second-order valence-corrected chi connectivity index (χ2v) is 5.69. The molecule has 0 saturated heterocycles. The van der Waals surface area contributed by atoms with Gasteiger partial charge in [-0.2, -0.15) is 10.2 Å². The van der Waals surface area contributed by atoms with E-state index in [0.717, 1.165) is 48.7 Å². The Hall–Kier alpha value is -2.44. The maximum atomic E-state index is 5.63. The van der Waals surface area contributed by atoms with Crippen LogP contribution in [0.15, 0.2) is 58.8 Å². The second-order valence-electron chi connectivity index (χ2n) is 5.69. The molecule has 4 N–H and O–H groups in total. The fraction of sp³-hybridized carbons (Fsp3) is 0.368. The highest BCUT2D eigenvalue weighted by Crippen LogP contribution is 2.23. The fourth-order valence-electron chi connectivity index (χ4n) is 2.43. The molecule has 0 aliphatic rings. The van der Waals surface area contributed by atoms with E-state index in [-0.39, 0.29) is 0 Å². The highest BCUT2D eigenvalue weighted by Gasteiger charge is 2.05. The highest BCUT2D eigenvalue weighted by atomic mass is 16.5. The lowest BCUT2D eigenvalue weighted by molar-refractivity contribution is 0.415. The molecule has 6 nitrogen and oxygen atoms in total. The van der Waals surface area contributed by atoms with Gasteiger partial charge in [0.1, 0.15) is 5.75 Å². The molecule has 0 heterocycles. The fourth-order valence-corrected chi connectivity index (χ4v) is 2.43. The Labute approximate surface area is 149 Å². The minimum atomic E-state index is 0.688. The third-order valence-corrected chi connectivity index (χ3v) is 3.83. The maximum absolute atomic E-state index is 5.63. The third kappa shape index (κ3) is 6.17. The highest BCUT2D eigenvalue weighted by molar-refractivity contribution is 5.53. The van der Waals surface area contributed by atoms with Gasteiger partial charge in [0.15, 0.2) is 0 Å². The van der Waals surface area contributed by atoms with E-state index in [1.165, 1.54) is 0 Å². The average Bonchev–Trinajstić information content (AvgIpc) is 2.67. The number of hydrogen-bond donors (Lipinski definition) is 2. The number of rotatable bonds is 10. The SMILES string of the molecule is COc1ccc(N=Nc2ccc(N(CCCN)CCCN)cc2)cc1. The first kappa shape index (κ1) is 18.9. The van der Waals surface area contributed by atoms with Crippen LogP contribution in [0.3, 0.4) is 0 Å². The summed E-state index contributed by atoms with van der Waals surface area (Å²) in [6.07, 6.45) is 1.92. The van der Waals surface area contributed by atoms with Crippen molar-refractivity contribution in [2.75, 3.05) is 38.2 Å². The van der Waals surface area contributed by atoms with Crippen LogP contribution in [0.5, 0.6) is 5.75 Å². The molecule has 0 spiro atoms. The molecule has 0 amide bonds. The van der Waals surface area contributed by atoms with Crippen LogP contribution >= 0.6 is 0 Å². The predicted octanol–water partition coefficient (Wildman–Crippen LogP) is 3.61. The number of anilines is 1. The number of nitrogens with two attached hydrogens (primary N) is 2. The van der Waals surface area contributed by atoms with Crippen LogP contribution in [0, 0.1) is 0 Å². The number of azo groups is 1. The van der Waals surface area contributed by atoms with Crippen LogP contribution in [0.25, 0.3) is 0 Å². The van der Waals surface area contributed by atoms with Gasteiger partial charge in [-0.3, -0.25) is 0 Å². The van der Waals surface area contributed by atoms with Gasteiger partial charge >= 0.3 is 0 Å². The van der Waals surface area contributed by atoms with E-state index in [4.69, 9.17) is 16.2 Å². The summed E-state index contributed by atoms with van der Waals surface area (Å²) in [5, 5.41) is 8.53. The predicted molar refractivity (Wildman–Crippen MR) is 103 cm³/mol. The van der Waals surface area contributed by atoms with Crippen LogP contribution in [-0.2, 0) is 0 Å². The quantitative estimate of drug-likeness (QED) is 0.646. The standard InChI is InChI=1S/C19H27N5O/c1-25-19-10-6-17(7-11-19)23-22-16-4-8-18(9-5-16)24(14-2-12-20)15-3-13-21/h4-11H,2-3,12-15,20-21H2,1H3. The van der Waals surface area contributed by atoms with Crippen molar-refractivity contribution in [3.63, 3.8) is 0 Å². The minimum Gasteiger partial charge on any atom is -0.497 e. The molecule has 0 aliphatic heterocycles. The third-order valence-electron chi connectivity index (χ3n) is 3.83. The first-order valence-electron chi connectivity index (χ1n) is 8.57. The van der Waals surface area contributed by atoms with Crippen LogP contribution in [0.4, 0.5) is 17.1 Å². The summed E-state index contributed by atoms with van der Waals surface area (Å²) in [5.41, 5.74) is 14.0. The monoisotopic (exact) mass is 341 g/mol. The van der Waals surface area contributed by atoms with Crippen LogP contribution in [0.2, 0.25) is 0 Å². The molecule has 0 aliphatic carbocycles. The zero-order chi connectivity index (χ0) is 17.9. The minimum absolute atomic E-state index is 0.688. The Morgan fingerprint density at radius 2 is 1.28 bits per heavy atom. The summed E-state index contributed by atoms with van der Waals surface area (Å²) in [7, 11) is 1.64. The molecule has 0 atom stereocenters. The Balaban J connectivity index is 2.02. The van der Waals surface area contributed by atoms with Crippen molar-refractivity contribution in [2.24, 2.45) is 21.7 Å². The van der Waals surface area contributed by atoms with E-state index in [9.17, 15) is 0 Å². The Morgan fingerprint density at radius 3 is 1.72 bits per heavy atom. The molecule has 2 aromatic carbocycles. The summed E-state index contributed by atoms with van der Waals surface area (Å²) in [5.74, 6) is 0.804. The normalized spacial score (nSPS) is 11.0. The molecule has 0 radical (unpaired) electrons. The van der Waals surface area contributed by atoms with Gasteiger partial charge in [0.05, 0.1) is 18.5 Å². The molecule has 2 aromatic rings. The van der Waals surface area contributed by atoms with Gasteiger partial charge in [-0.05, 0) is 74.5 Å². The molecule has 0 unspecified atom stereocenters. The van der Waals surface area contributed by atoms with E-state index in [0.29, 0.717) is 13.1 Å². The lowest BCUT2D eigenvalue weighted by atomic mass is 10.2. The smallest absolute Gasteiger partial charge is 0.119 e. The summed E-state index contributed by atoms with van der Waals surface area (Å²) in [4.78, 5) is 2.31. The number of methoxy groups -OCH3 is 1. The zero-order valence-electron chi connectivity index (χ0n) is 14.8. The maximum Gasteiger partial charge on any atom is 0.119 e.